The first-order valence-corrected chi connectivity index (χ1v) is 7.69. The summed E-state index contributed by atoms with van der Waals surface area (Å²) in [6, 6.07) is 0.538. The molecule has 0 radical (unpaired) electrons. The van der Waals surface area contributed by atoms with Gasteiger partial charge in [-0.1, -0.05) is 58.8 Å². The van der Waals surface area contributed by atoms with Crippen LogP contribution in [-0.2, 0) is 0 Å². The van der Waals surface area contributed by atoms with Crippen LogP contribution in [-0.4, -0.2) is 24.3 Å². The van der Waals surface area contributed by atoms with Gasteiger partial charge in [-0.3, -0.25) is 0 Å². The van der Waals surface area contributed by atoms with E-state index in [1.165, 1.54) is 57.8 Å². The molecule has 0 fully saturated rings. The van der Waals surface area contributed by atoms with Gasteiger partial charge < -0.3 is 10.4 Å². The molecular formula is C15H33NO. The topological polar surface area (TPSA) is 32.3 Å². The van der Waals surface area contributed by atoms with E-state index in [0.29, 0.717) is 12.6 Å². The first-order chi connectivity index (χ1) is 8.35. The van der Waals surface area contributed by atoms with Crippen molar-refractivity contribution in [3.63, 3.8) is 0 Å². The van der Waals surface area contributed by atoms with Crippen LogP contribution in [0.25, 0.3) is 0 Å². The van der Waals surface area contributed by atoms with Crippen molar-refractivity contribution >= 4 is 0 Å². The third-order valence-corrected chi connectivity index (χ3v) is 3.32. The van der Waals surface area contributed by atoms with Crippen molar-refractivity contribution in [1.82, 2.24) is 5.32 Å². The minimum absolute atomic E-state index is 0.317. The normalized spacial score (nSPS) is 12.9. The molecule has 0 bridgehead atoms. The maximum atomic E-state index is 9.00. The Balaban J connectivity index is 3.34. The first kappa shape index (κ1) is 16.9. The van der Waals surface area contributed by atoms with Crippen LogP contribution in [0.3, 0.4) is 0 Å². The van der Waals surface area contributed by atoms with E-state index in [2.05, 4.69) is 19.2 Å². The summed E-state index contributed by atoms with van der Waals surface area (Å²) in [5, 5.41) is 12.5. The molecule has 2 N–H and O–H groups in total. The second-order valence-electron chi connectivity index (χ2n) is 5.07. The second-order valence-corrected chi connectivity index (χ2v) is 5.07. The first-order valence-electron chi connectivity index (χ1n) is 7.69. The number of aliphatic hydroxyl groups excluding tert-OH is 1. The van der Waals surface area contributed by atoms with Gasteiger partial charge in [0.2, 0.25) is 0 Å². The van der Waals surface area contributed by atoms with Gasteiger partial charge in [0.25, 0.3) is 0 Å². The molecule has 0 spiro atoms. The van der Waals surface area contributed by atoms with Gasteiger partial charge in [0, 0.05) is 12.6 Å². The quantitative estimate of drug-likeness (QED) is 0.481. The SMILES string of the molecule is CCCCCCCCCC(CCO)NCCC. The van der Waals surface area contributed by atoms with Crippen LogP contribution in [0.5, 0.6) is 0 Å². The van der Waals surface area contributed by atoms with Gasteiger partial charge in [-0.15, -0.1) is 0 Å². The third kappa shape index (κ3) is 12.2. The van der Waals surface area contributed by atoms with Gasteiger partial charge in [0.1, 0.15) is 0 Å². The molecule has 2 nitrogen and oxygen atoms in total. The van der Waals surface area contributed by atoms with E-state index >= 15 is 0 Å². The molecule has 0 saturated heterocycles. The fourth-order valence-electron chi connectivity index (χ4n) is 2.20. The van der Waals surface area contributed by atoms with Crippen LogP contribution in [0.4, 0.5) is 0 Å². The van der Waals surface area contributed by atoms with Crippen LogP contribution in [0.15, 0.2) is 0 Å². The highest BCUT2D eigenvalue weighted by Crippen LogP contribution is 2.11. The average Bonchev–Trinajstić information content (AvgIpc) is 2.34. The van der Waals surface area contributed by atoms with Crippen molar-refractivity contribution in [2.75, 3.05) is 13.2 Å². The van der Waals surface area contributed by atoms with Crippen molar-refractivity contribution in [1.29, 1.82) is 0 Å². The number of hydrogen-bond donors (Lipinski definition) is 2. The van der Waals surface area contributed by atoms with E-state index in [1.54, 1.807) is 0 Å². The molecule has 0 aromatic heterocycles. The van der Waals surface area contributed by atoms with Crippen molar-refractivity contribution in [2.24, 2.45) is 0 Å². The minimum Gasteiger partial charge on any atom is -0.396 e. The number of hydrogen-bond acceptors (Lipinski definition) is 2. The maximum absolute atomic E-state index is 9.00. The Morgan fingerprint density at radius 1 is 0.824 bits per heavy atom. The number of rotatable bonds is 13. The fraction of sp³-hybridized carbons (Fsp3) is 1.00. The Morgan fingerprint density at radius 2 is 1.47 bits per heavy atom. The van der Waals surface area contributed by atoms with Gasteiger partial charge in [-0.2, -0.15) is 0 Å². The summed E-state index contributed by atoms with van der Waals surface area (Å²) in [6.45, 7) is 5.86. The summed E-state index contributed by atoms with van der Waals surface area (Å²) in [7, 11) is 0. The molecule has 0 aromatic carbocycles. The summed E-state index contributed by atoms with van der Waals surface area (Å²) in [4.78, 5) is 0. The summed E-state index contributed by atoms with van der Waals surface area (Å²) >= 11 is 0. The van der Waals surface area contributed by atoms with Crippen LogP contribution in [0.1, 0.15) is 78.1 Å². The van der Waals surface area contributed by atoms with Crippen LogP contribution in [0.2, 0.25) is 0 Å². The molecule has 0 heterocycles. The molecule has 0 amide bonds. The fourth-order valence-corrected chi connectivity index (χ4v) is 2.20. The van der Waals surface area contributed by atoms with E-state index in [1.807, 2.05) is 0 Å². The monoisotopic (exact) mass is 243 g/mol. The van der Waals surface area contributed by atoms with Gasteiger partial charge in [0.15, 0.2) is 0 Å². The van der Waals surface area contributed by atoms with Crippen LogP contribution >= 0.6 is 0 Å². The van der Waals surface area contributed by atoms with Gasteiger partial charge in [-0.05, 0) is 25.8 Å². The number of nitrogens with one attached hydrogen (secondary N) is 1. The minimum atomic E-state index is 0.317. The Labute approximate surface area is 108 Å². The zero-order valence-corrected chi connectivity index (χ0v) is 12.0. The Hall–Kier alpha value is -0.0800. The maximum Gasteiger partial charge on any atom is 0.0445 e. The van der Waals surface area contributed by atoms with E-state index in [0.717, 1.165) is 13.0 Å². The van der Waals surface area contributed by atoms with E-state index in [4.69, 9.17) is 5.11 Å². The summed E-state index contributed by atoms with van der Waals surface area (Å²) < 4.78 is 0. The molecule has 1 unspecified atom stereocenters. The second kappa shape index (κ2) is 14.0. The lowest BCUT2D eigenvalue weighted by Gasteiger charge is -2.17. The largest absolute Gasteiger partial charge is 0.396 e. The Bertz CT molecular complexity index is 139. The molecule has 0 aliphatic rings. The van der Waals surface area contributed by atoms with Crippen molar-refractivity contribution in [2.45, 2.75) is 84.1 Å². The lowest BCUT2D eigenvalue weighted by Crippen LogP contribution is -2.30. The van der Waals surface area contributed by atoms with E-state index in [9.17, 15) is 0 Å². The van der Waals surface area contributed by atoms with Crippen LogP contribution < -0.4 is 5.32 Å². The highest BCUT2D eigenvalue weighted by atomic mass is 16.3. The highest BCUT2D eigenvalue weighted by molar-refractivity contribution is 4.66. The summed E-state index contributed by atoms with van der Waals surface area (Å²) in [6.07, 6.45) is 12.9. The number of unbranched alkanes of at least 4 members (excludes halogenated alkanes) is 6. The predicted octanol–water partition coefficient (Wildman–Crippen LogP) is 3.88. The molecule has 0 saturated carbocycles. The molecule has 0 aliphatic carbocycles. The lowest BCUT2D eigenvalue weighted by atomic mass is 10.0. The Kier molecular flexibility index (Phi) is 13.9. The average molecular weight is 243 g/mol. The molecule has 2 heteroatoms. The molecule has 1 atom stereocenters. The van der Waals surface area contributed by atoms with Crippen molar-refractivity contribution in [3.05, 3.63) is 0 Å². The molecule has 0 aromatic rings. The van der Waals surface area contributed by atoms with Crippen molar-refractivity contribution < 1.29 is 5.11 Å². The predicted molar refractivity (Wildman–Crippen MR) is 76.4 cm³/mol. The van der Waals surface area contributed by atoms with Crippen LogP contribution in [0, 0.1) is 0 Å². The molecule has 17 heavy (non-hydrogen) atoms. The summed E-state index contributed by atoms with van der Waals surface area (Å²) in [5.74, 6) is 0. The zero-order valence-electron chi connectivity index (χ0n) is 12.0. The van der Waals surface area contributed by atoms with E-state index in [-0.39, 0.29) is 0 Å². The standard InChI is InChI=1S/C15H33NO/c1-3-5-6-7-8-9-10-11-15(12-14-17)16-13-4-2/h15-17H,3-14H2,1-2H3. The van der Waals surface area contributed by atoms with Gasteiger partial charge in [-0.25, -0.2) is 0 Å². The molecule has 0 rings (SSSR count). The molecule has 0 aliphatic heterocycles. The summed E-state index contributed by atoms with van der Waals surface area (Å²) in [5.41, 5.74) is 0. The van der Waals surface area contributed by atoms with E-state index < -0.39 is 0 Å². The molecule has 104 valence electrons. The zero-order chi connectivity index (χ0) is 12.8. The van der Waals surface area contributed by atoms with Gasteiger partial charge in [0.05, 0.1) is 0 Å². The third-order valence-electron chi connectivity index (χ3n) is 3.32. The number of aliphatic hydroxyl groups is 1. The Morgan fingerprint density at radius 3 is 2.06 bits per heavy atom. The van der Waals surface area contributed by atoms with Gasteiger partial charge >= 0.3 is 0 Å². The molecular weight excluding hydrogens is 210 g/mol. The lowest BCUT2D eigenvalue weighted by molar-refractivity contribution is 0.259. The smallest absolute Gasteiger partial charge is 0.0445 e. The highest BCUT2D eigenvalue weighted by Gasteiger charge is 2.05. The van der Waals surface area contributed by atoms with Crippen molar-refractivity contribution in [3.8, 4) is 0 Å².